The van der Waals surface area contributed by atoms with E-state index in [-0.39, 0.29) is 0 Å². The van der Waals surface area contributed by atoms with E-state index in [4.69, 9.17) is 10.7 Å². The zero-order valence-corrected chi connectivity index (χ0v) is 13.5. The van der Waals surface area contributed by atoms with Gasteiger partial charge in [-0.3, -0.25) is 0 Å². The normalized spacial score (nSPS) is 11.0. The molecule has 1 aromatic heterocycles. The Morgan fingerprint density at radius 1 is 0.783 bits per heavy atom. The van der Waals surface area contributed by atoms with E-state index in [2.05, 4.69) is 54.6 Å². The van der Waals surface area contributed by atoms with Crippen molar-refractivity contribution in [1.82, 2.24) is 4.98 Å². The van der Waals surface area contributed by atoms with Gasteiger partial charge in [0.25, 0.3) is 0 Å². The molecule has 0 spiro atoms. The van der Waals surface area contributed by atoms with E-state index in [1.165, 1.54) is 35.8 Å². The van der Waals surface area contributed by atoms with Crippen molar-refractivity contribution in [3.05, 3.63) is 66.2 Å². The highest BCUT2D eigenvalue weighted by atomic mass is 14.7. The van der Waals surface area contributed by atoms with E-state index in [0.717, 1.165) is 30.6 Å². The summed E-state index contributed by atoms with van der Waals surface area (Å²) in [6.45, 7) is 0.802. The fourth-order valence-electron chi connectivity index (χ4n) is 3.02. The highest BCUT2D eigenvalue weighted by Crippen LogP contribution is 2.26. The molecule has 3 aromatic rings. The number of aromatic nitrogens is 1. The van der Waals surface area contributed by atoms with Gasteiger partial charge in [0.15, 0.2) is 0 Å². The number of rotatable bonds is 7. The number of aryl methyl sites for hydroxylation is 1. The van der Waals surface area contributed by atoms with Gasteiger partial charge in [-0.2, -0.15) is 0 Å². The van der Waals surface area contributed by atoms with Crippen LogP contribution in [0.25, 0.3) is 22.2 Å². The van der Waals surface area contributed by atoms with E-state index in [9.17, 15) is 0 Å². The molecule has 0 amide bonds. The van der Waals surface area contributed by atoms with Gasteiger partial charge in [-0.05, 0) is 43.5 Å². The summed E-state index contributed by atoms with van der Waals surface area (Å²) in [6, 6.07) is 21.2. The zero-order valence-electron chi connectivity index (χ0n) is 13.5. The molecule has 118 valence electrons. The topological polar surface area (TPSA) is 38.9 Å². The first kappa shape index (κ1) is 15.7. The van der Waals surface area contributed by atoms with Crippen molar-refractivity contribution in [2.45, 2.75) is 32.1 Å². The molecule has 1 heterocycles. The maximum atomic E-state index is 5.57. The minimum Gasteiger partial charge on any atom is -0.330 e. The Labute approximate surface area is 138 Å². The largest absolute Gasteiger partial charge is 0.330 e. The quantitative estimate of drug-likeness (QED) is 0.626. The van der Waals surface area contributed by atoms with E-state index in [1.54, 1.807) is 0 Å². The molecule has 0 fully saturated rings. The molecular formula is C21H24N2. The molecule has 0 saturated carbocycles. The molecule has 2 nitrogen and oxygen atoms in total. The summed E-state index contributed by atoms with van der Waals surface area (Å²) in [5.74, 6) is 0. The van der Waals surface area contributed by atoms with E-state index in [1.807, 2.05) is 6.07 Å². The van der Waals surface area contributed by atoms with Crippen molar-refractivity contribution in [3.8, 4) is 11.3 Å². The Bertz CT molecular complexity index is 750. The highest BCUT2D eigenvalue weighted by Gasteiger charge is 2.07. The molecule has 3 rings (SSSR count). The van der Waals surface area contributed by atoms with Crippen LogP contribution in [0.1, 0.15) is 31.2 Å². The molecule has 23 heavy (non-hydrogen) atoms. The lowest BCUT2D eigenvalue weighted by molar-refractivity contribution is 0.648. The van der Waals surface area contributed by atoms with E-state index < -0.39 is 0 Å². The van der Waals surface area contributed by atoms with Crippen molar-refractivity contribution < 1.29 is 0 Å². The third kappa shape index (κ3) is 3.96. The minimum atomic E-state index is 0.802. The number of hydrogen-bond acceptors (Lipinski definition) is 2. The fourth-order valence-corrected chi connectivity index (χ4v) is 3.02. The van der Waals surface area contributed by atoms with Gasteiger partial charge < -0.3 is 5.73 Å². The average molecular weight is 304 g/mol. The molecule has 0 saturated heterocycles. The van der Waals surface area contributed by atoms with Crippen molar-refractivity contribution in [2.75, 3.05) is 6.54 Å². The number of pyridine rings is 1. The number of hydrogen-bond donors (Lipinski definition) is 1. The van der Waals surface area contributed by atoms with Crippen LogP contribution >= 0.6 is 0 Å². The summed E-state index contributed by atoms with van der Waals surface area (Å²) in [5, 5.41) is 1.28. The number of benzene rings is 2. The van der Waals surface area contributed by atoms with Crippen LogP contribution in [0.2, 0.25) is 0 Å². The van der Waals surface area contributed by atoms with Gasteiger partial charge in [-0.1, -0.05) is 61.4 Å². The molecule has 0 radical (unpaired) electrons. The average Bonchev–Trinajstić information content (AvgIpc) is 2.62. The van der Waals surface area contributed by atoms with Gasteiger partial charge in [0.2, 0.25) is 0 Å². The van der Waals surface area contributed by atoms with Crippen molar-refractivity contribution >= 4 is 10.9 Å². The predicted octanol–water partition coefficient (Wildman–Crippen LogP) is 4.96. The Hall–Kier alpha value is -2.19. The van der Waals surface area contributed by atoms with Crippen LogP contribution in [0.4, 0.5) is 0 Å². The van der Waals surface area contributed by atoms with Gasteiger partial charge in [0, 0.05) is 10.9 Å². The molecule has 0 aliphatic carbocycles. The summed E-state index contributed by atoms with van der Waals surface area (Å²) in [5.41, 5.74) is 10.3. The van der Waals surface area contributed by atoms with Gasteiger partial charge >= 0.3 is 0 Å². The van der Waals surface area contributed by atoms with E-state index >= 15 is 0 Å². The summed E-state index contributed by atoms with van der Waals surface area (Å²) >= 11 is 0. The third-order valence-corrected chi connectivity index (χ3v) is 4.27. The smallest absolute Gasteiger partial charge is 0.0712 e. The SMILES string of the molecule is NCCCCCCc1cc(-c2ccccc2)nc2ccccc12. The minimum absolute atomic E-state index is 0.802. The van der Waals surface area contributed by atoms with Crippen LogP contribution in [0.5, 0.6) is 0 Å². The summed E-state index contributed by atoms with van der Waals surface area (Å²) in [7, 11) is 0. The first-order valence-corrected chi connectivity index (χ1v) is 8.52. The van der Waals surface area contributed by atoms with Gasteiger partial charge in [0.1, 0.15) is 0 Å². The van der Waals surface area contributed by atoms with Gasteiger partial charge in [-0.25, -0.2) is 4.98 Å². The summed E-state index contributed by atoms with van der Waals surface area (Å²) < 4.78 is 0. The van der Waals surface area contributed by atoms with Crippen molar-refractivity contribution in [1.29, 1.82) is 0 Å². The Morgan fingerprint density at radius 3 is 2.35 bits per heavy atom. The van der Waals surface area contributed by atoms with E-state index in [0.29, 0.717) is 0 Å². The number of para-hydroxylation sites is 1. The highest BCUT2D eigenvalue weighted by molar-refractivity contribution is 5.85. The van der Waals surface area contributed by atoms with Crippen molar-refractivity contribution in [2.24, 2.45) is 5.73 Å². The van der Waals surface area contributed by atoms with Crippen LogP contribution < -0.4 is 5.73 Å². The van der Waals surface area contributed by atoms with Crippen LogP contribution in [0.3, 0.4) is 0 Å². The van der Waals surface area contributed by atoms with Crippen LogP contribution in [-0.2, 0) is 6.42 Å². The number of nitrogens with zero attached hydrogens (tertiary/aromatic N) is 1. The van der Waals surface area contributed by atoms with Crippen LogP contribution in [-0.4, -0.2) is 11.5 Å². The maximum Gasteiger partial charge on any atom is 0.0712 e. The molecule has 2 aromatic carbocycles. The number of nitrogens with two attached hydrogens (primary N) is 1. The predicted molar refractivity (Wildman–Crippen MR) is 98.4 cm³/mol. The second-order valence-electron chi connectivity index (χ2n) is 6.00. The molecule has 0 unspecified atom stereocenters. The van der Waals surface area contributed by atoms with Crippen LogP contribution in [0, 0.1) is 0 Å². The molecular weight excluding hydrogens is 280 g/mol. The summed E-state index contributed by atoms with van der Waals surface area (Å²) in [4.78, 5) is 4.85. The lowest BCUT2D eigenvalue weighted by Crippen LogP contribution is -1.98. The van der Waals surface area contributed by atoms with Gasteiger partial charge in [0.05, 0.1) is 11.2 Å². The second kappa shape index (κ2) is 7.89. The molecule has 2 heteroatoms. The number of unbranched alkanes of at least 4 members (excludes halogenated alkanes) is 3. The fraction of sp³-hybridized carbons (Fsp3) is 0.286. The van der Waals surface area contributed by atoms with Gasteiger partial charge in [-0.15, -0.1) is 0 Å². The lowest BCUT2D eigenvalue weighted by atomic mass is 9.99. The Kier molecular flexibility index (Phi) is 5.38. The maximum absolute atomic E-state index is 5.57. The molecule has 0 aliphatic rings. The Morgan fingerprint density at radius 2 is 1.52 bits per heavy atom. The van der Waals surface area contributed by atoms with Crippen LogP contribution in [0.15, 0.2) is 60.7 Å². The first-order valence-electron chi connectivity index (χ1n) is 8.52. The summed E-state index contributed by atoms with van der Waals surface area (Å²) in [6.07, 6.45) is 5.92. The molecule has 0 bridgehead atoms. The monoisotopic (exact) mass is 304 g/mol. The second-order valence-corrected chi connectivity index (χ2v) is 6.00. The molecule has 0 atom stereocenters. The zero-order chi connectivity index (χ0) is 15.9. The standard InChI is InChI=1S/C21H24N2/c22-15-9-2-1-4-12-18-16-21(17-10-5-3-6-11-17)23-20-14-8-7-13-19(18)20/h3,5-8,10-11,13-14,16H,1-2,4,9,12,15,22H2. The first-order chi connectivity index (χ1) is 11.4. The molecule has 2 N–H and O–H groups in total. The lowest BCUT2D eigenvalue weighted by Gasteiger charge is -2.10. The van der Waals surface area contributed by atoms with Crippen molar-refractivity contribution in [3.63, 3.8) is 0 Å². The Balaban J connectivity index is 1.88. The number of fused-ring (bicyclic) bond motifs is 1. The third-order valence-electron chi connectivity index (χ3n) is 4.27. The molecule has 0 aliphatic heterocycles.